The summed E-state index contributed by atoms with van der Waals surface area (Å²) in [4.78, 5) is 14.4. The smallest absolute Gasteiger partial charge is 0.255 e. The number of aliphatic hydroxyl groups is 1. The molecular formula is C15H14N4O2. The molecule has 0 atom stereocenters. The van der Waals surface area contributed by atoms with Crippen LogP contribution >= 0.6 is 0 Å². The van der Waals surface area contributed by atoms with Crippen LogP contribution in [0.1, 0.15) is 21.7 Å². The Bertz CT molecular complexity index is 727. The lowest BCUT2D eigenvalue weighted by Crippen LogP contribution is -2.38. The minimum absolute atomic E-state index is 0.0768. The summed E-state index contributed by atoms with van der Waals surface area (Å²) in [6, 6.07) is 7.17. The first-order valence-corrected chi connectivity index (χ1v) is 6.64. The quantitative estimate of drug-likeness (QED) is 0.763. The van der Waals surface area contributed by atoms with Gasteiger partial charge in [-0.25, -0.2) is 0 Å². The van der Waals surface area contributed by atoms with Crippen LogP contribution in [-0.2, 0) is 13.1 Å². The minimum Gasteiger partial charge on any atom is -0.384 e. The highest BCUT2D eigenvalue weighted by Crippen LogP contribution is 2.16. The number of aliphatic hydroxyl groups excluding tert-OH is 1. The molecule has 1 aromatic heterocycles. The first-order chi connectivity index (χ1) is 10.3. The van der Waals surface area contributed by atoms with E-state index in [0.29, 0.717) is 30.8 Å². The molecule has 3 rings (SSSR count). The number of rotatable bonds is 1. The molecule has 0 unspecified atom stereocenters. The zero-order chi connectivity index (χ0) is 14.7. The topological polar surface area (TPSA) is 71.2 Å². The van der Waals surface area contributed by atoms with E-state index in [0.717, 1.165) is 5.82 Å². The van der Waals surface area contributed by atoms with E-state index in [-0.39, 0.29) is 12.5 Å². The Morgan fingerprint density at radius 3 is 3.05 bits per heavy atom. The second-order valence-corrected chi connectivity index (χ2v) is 4.67. The van der Waals surface area contributed by atoms with Crippen LogP contribution in [0.2, 0.25) is 0 Å². The van der Waals surface area contributed by atoms with Gasteiger partial charge in [-0.3, -0.25) is 4.79 Å². The molecule has 1 aliphatic heterocycles. The largest absolute Gasteiger partial charge is 0.384 e. The zero-order valence-corrected chi connectivity index (χ0v) is 11.4. The fraction of sp³-hybridized carbons (Fsp3) is 0.267. The van der Waals surface area contributed by atoms with Crippen molar-refractivity contribution in [3.05, 3.63) is 47.5 Å². The number of carbonyl (C=O) groups is 1. The maximum Gasteiger partial charge on any atom is 0.255 e. The fourth-order valence-corrected chi connectivity index (χ4v) is 2.32. The first kappa shape index (κ1) is 13.3. The van der Waals surface area contributed by atoms with Gasteiger partial charge < -0.3 is 14.6 Å². The summed E-state index contributed by atoms with van der Waals surface area (Å²) in [5.74, 6) is 6.11. The van der Waals surface area contributed by atoms with Crippen LogP contribution in [0.15, 0.2) is 30.6 Å². The van der Waals surface area contributed by atoms with Crippen molar-refractivity contribution in [2.24, 2.45) is 0 Å². The summed E-state index contributed by atoms with van der Waals surface area (Å²) in [6.45, 7) is 1.53. The van der Waals surface area contributed by atoms with Gasteiger partial charge in [-0.2, -0.15) is 0 Å². The number of hydrogen-bond donors (Lipinski definition) is 1. The normalized spacial score (nSPS) is 13.3. The summed E-state index contributed by atoms with van der Waals surface area (Å²) in [5.41, 5.74) is 1.18. The lowest BCUT2D eigenvalue weighted by molar-refractivity contribution is 0.0707. The molecular weight excluding hydrogens is 268 g/mol. The highest BCUT2D eigenvalue weighted by atomic mass is 16.2. The van der Waals surface area contributed by atoms with Gasteiger partial charge in [0.05, 0.1) is 12.1 Å². The average molecular weight is 282 g/mol. The van der Waals surface area contributed by atoms with E-state index in [1.54, 1.807) is 23.4 Å². The van der Waals surface area contributed by atoms with E-state index in [1.165, 1.54) is 0 Å². The molecule has 21 heavy (non-hydrogen) atoms. The third-order valence-electron chi connectivity index (χ3n) is 3.39. The van der Waals surface area contributed by atoms with E-state index in [4.69, 9.17) is 5.11 Å². The van der Waals surface area contributed by atoms with Gasteiger partial charge in [0.1, 0.15) is 12.9 Å². The highest BCUT2D eigenvalue weighted by Gasteiger charge is 2.23. The predicted octanol–water partition coefficient (Wildman–Crippen LogP) is 0.278. The summed E-state index contributed by atoms with van der Waals surface area (Å²) >= 11 is 0. The molecule has 0 saturated heterocycles. The van der Waals surface area contributed by atoms with Gasteiger partial charge in [-0.15, -0.1) is 10.2 Å². The third-order valence-corrected chi connectivity index (χ3v) is 3.39. The van der Waals surface area contributed by atoms with Crippen LogP contribution in [0.3, 0.4) is 0 Å². The molecule has 1 aromatic carbocycles. The van der Waals surface area contributed by atoms with Crippen LogP contribution < -0.4 is 0 Å². The van der Waals surface area contributed by atoms with Gasteiger partial charge in [0.15, 0.2) is 5.82 Å². The SMILES string of the molecule is O=C(c1ccccc1C#CCO)N1CCn2cnnc2C1. The molecule has 0 saturated carbocycles. The van der Waals surface area contributed by atoms with Gasteiger partial charge in [-0.05, 0) is 12.1 Å². The molecule has 1 N–H and O–H groups in total. The second kappa shape index (κ2) is 5.77. The molecule has 0 bridgehead atoms. The van der Waals surface area contributed by atoms with Gasteiger partial charge in [-0.1, -0.05) is 24.0 Å². The van der Waals surface area contributed by atoms with E-state index in [9.17, 15) is 4.79 Å². The summed E-state index contributed by atoms with van der Waals surface area (Å²) in [5, 5.41) is 16.7. The average Bonchev–Trinajstić information content (AvgIpc) is 3.00. The number of benzene rings is 1. The lowest BCUT2D eigenvalue weighted by Gasteiger charge is -2.27. The lowest BCUT2D eigenvalue weighted by atomic mass is 10.1. The Labute approximate surface area is 122 Å². The highest BCUT2D eigenvalue weighted by molar-refractivity contribution is 5.96. The van der Waals surface area contributed by atoms with Crippen molar-refractivity contribution in [2.75, 3.05) is 13.2 Å². The summed E-state index contributed by atoms with van der Waals surface area (Å²) in [7, 11) is 0. The van der Waals surface area contributed by atoms with Crippen LogP contribution in [0.25, 0.3) is 0 Å². The second-order valence-electron chi connectivity index (χ2n) is 4.67. The monoisotopic (exact) mass is 282 g/mol. The van der Waals surface area contributed by atoms with Crippen molar-refractivity contribution >= 4 is 5.91 Å². The maximum absolute atomic E-state index is 12.7. The van der Waals surface area contributed by atoms with E-state index < -0.39 is 0 Å². The van der Waals surface area contributed by atoms with E-state index in [1.807, 2.05) is 16.7 Å². The Morgan fingerprint density at radius 1 is 1.33 bits per heavy atom. The van der Waals surface area contributed by atoms with Gasteiger partial charge >= 0.3 is 0 Å². The molecule has 1 amide bonds. The molecule has 0 aliphatic carbocycles. The molecule has 6 nitrogen and oxygen atoms in total. The van der Waals surface area contributed by atoms with Crippen molar-refractivity contribution < 1.29 is 9.90 Å². The van der Waals surface area contributed by atoms with E-state index in [2.05, 4.69) is 22.0 Å². The number of aromatic nitrogens is 3. The number of amides is 1. The van der Waals surface area contributed by atoms with Crippen LogP contribution in [0.4, 0.5) is 0 Å². The molecule has 0 radical (unpaired) electrons. The summed E-state index contributed by atoms with van der Waals surface area (Å²) in [6.07, 6.45) is 1.68. The van der Waals surface area contributed by atoms with Crippen molar-refractivity contribution in [3.63, 3.8) is 0 Å². The summed E-state index contributed by atoms with van der Waals surface area (Å²) < 4.78 is 1.95. The van der Waals surface area contributed by atoms with Crippen LogP contribution in [-0.4, -0.2) is 43.8 Å². The Morgan fingerprint density at radius 2 is 2.19 bits per heavy atom. The number of carbonyl (C=O) groups excluding carboxylic acids is 1. The maximum atomic E-state index is 12.7. The Kier molecular flexibility index (Phi) is 3.67. The fourth-order valence-electron chi connectivity index (χ4n) is 2.32. The van der Waals surface area contributed by atoms with Crippen molar-refractivity contribution in [1.82, 2.24) is 19.7 Å². The van der Waals surface area contributed by atoms with Crippen molar-refractivity contribution in [3.8, 4) is 11.8 Å². The Balaban J connectivity index is 1.86. The number of hydrogen-bond acceptors (Lipinski definition) is 4. The molecule has 1 aliphatic rings. The number of fused-ring (bicyclic) bond motifs is 1. The predicted molar refractivity (Wildman–Crippen MR) is 75.2 cm³/mol. The Hall–Kier alpha value is -2.65. The minimum atomic E-state index is -0.227. The van der Waals surface area contributed by atoms with Crippen molar-refractivity contribution in [1.29, 1.82) is 0 Å². The molecule has 2 heterocycles. The van der Waals surface area contributed by atoms with Gasteiger partial charge in [0, 0.05) is 18.7 Å². The van der Waals surface area contributed by atoms with Crippen molar-refractivity contribution in [2.45, 2.75) is 13.1 Å². The molecule has 6 heteroatoms. The van der Waals surface area contributed by atoms with E-state index >= 15 is 0 Å². The van der Waals surface area contributed by atoms with Gasteiger partial charge in [0.25, 0.3) is 5.91 Å². The molecule has 2 aromatic rings. The van der Waals surface area contributed by atoms with Crippen LogP contribution in [0, 0.1) is 11.8 Å². The first-order valence-electron chi connectivity index (χ1n) is 6.64. The van der Waals surface area contributed by atoms with Gasteiger partial charge in [0.2, 0.25) is 0 Å². The third kappa shape index (κ3) is 2.64. The molecule has 0 fully saturated rings. The molecule has 106 valence electrons. The number of nitrogens with zero attached hydrogens (tertiary/aromatic N) is 4. The zero-order valence-electron chi connectivity index (χ0n) is 11.4. The standard InChI is InChI=1S/C15H14N4O2/c20-9-3-5-12-4-1-2-6-13(12)15(21)18-7-8-19-11-16-17-14(19)10-18/h1-2,4,6,11,20H,7-10H2. The molecule has 0 spiro atoms. The van der Waals surface area contributed by atoms with Crippen LogP contribution in [0.5, 0.6) is 0 Å².